The third kappa shape index (κ3) is 2.27. The number of rotatable bonds is 2. The van der Waals surface area contributed by atoms with E-state index in [0.29, 0.717) is 11.8 Å². The van der Waals surface area contributed by atoms with Crippen LogP contribution in [0, 0.1) is 18.8 Å². The van der Waals surface area contributed by atoms with Crippen molar-refractivity contribution in [1.82, 2.24) is 0 Å². The van der Waals surface area contributed by atoms with Crippen LogP contribution < -0.4 is 0 Å². The molecule has 0 heteroatoms. The van der Waals surface area contributed by atoms with Crippen LogP contribution in [0.3, 0.4) is 0 Å². The normalized spacial score (nSPS) is 24.3. The zero-order valence-electron chi connectivity index (χ0n) is 10.4. The second-order valence-electron chi connectivity index (χ2n) is 4.78. The maximum atomic E-state index is 2.41. The molecule has 0 fully saturated rings. The van der Waals surface area contributed by atoms with Gasteiger partial charge in [0.15, 0.2) is 0 Å². The molecule has 1 aromatic rings. The lowest BCUT2D eigenvalue weighted by Gasteiger charge is -2.21. The van der Waals surface area contributed by atoms with Crippen LogP contribution in [0.5, 0.6) is 0 Å². The SMILES string of the molecule is CCC1C=CC(c2cccc(C)c2)=C[C@H]1C. The van der Waals surface area contributed by atoms with E-state index in [1.807, 2.05) is 0 Å². The monoisotopic (exact) mass is 212 g/mol. The van der Waals surface area contributed by atoms with Crippen molar-refractivity contribution in [2.75, 3.05) is 0 Å². The summed E-state index contributed by atoms with van der Waals surface area (Å²) in [6.45, 7) is 6.72. The Hall–Kier alpha value is -1.30. The molecular formula is C16H20. The van der Waals surface area contributed by atoms with Crippen molar-refractivity contribution in [3.63, 3.8) is 0 Å². The molecule has 1 aromatic carbocycles. The molecule has 0 aliphatic heterocycles. The first-order chi connectivity index (χ1) is 7.70. The van der Waals surface area contributed by atoms with Gasteiger partial charge in [-0.25, -0.2) is 0 Å². The quantitative estimate of drug-likeness (QED) is 0.671. The Morgan fingerprint density at radius 2 is 2.06 bits per heavy atom. The minimum atomic E-state index is 0.658. The van der Waals surface area contributed by atoms with Gasteiger partial charge in [-0.15, -0.1) is 0 Å². The second kappa shape index (κ2) is 4.69. The maximum Gasteiger partial charge on any atom is -0.0172 e. The molecule has 0 saturated heterocycles. The predicted octanol–water partition coefficient (Wildman–Crippen LogP) is 4.61. The van der Waals surface area contributed by atoms with Crippen LogP contribution in [-0.4, -0.2) is 0 Å². The number of hydrogen-bond donors (Lipinski definition) is 0. The van der Waals surface area contributed by atoms with E-state index in [2.05, 4.69) is 63.3 Å². The van der Waals surface area contributed by atoms with E-state index in [1.54, 1.807) is 0 Å². The average molecular weight is 212 g/mol. The van der Waals surface area contributed by atoms with Crippen LogP contribution >= 0.6 is 0 Å². The van der Waals surface area contributed by atoms with Gasteiger partial charge in [0, 0.05) is 0 Å². The lowest BCUT2D eigenvalue weighted by Crippen LogP contribution is -2.09. The van der Waals surface area contributed by atoms with Gasteiger partial charge in [-0.1, -0.05) is 61.9 Å². The zero-order chi connectivity index (χ0) is 11.5. The average Bonchev–Trinajstić information content (AvgIpc) is 2.29. The van der Waals surface area contributed by atoms with E-state index < -0.39 is 0 Å². The van der Waals surface area contributed by atoms with Gasteiger partial charge in [-0.05, 0) is 36.3 Å². The summed E-state index contributed by atoms with van der Waals surface area (Å²) < 4.78 is 0. The van der Waals surface area contributed by atoms with E-state index in [-0.39, 0.29) is 0 Å². The first kappa shape index (κ1) is 11.2. The van der Waals surface area contributed by atoms with Gasteiger partial charge in [0.05, 0.1) is 0 Å². The molecule has 0 amide bonds. The van der Waals surface area contributed by atoms with Crippen molar-refractivity contribution in [3.8, 4) is 0 Å². The summed E-state index contributed by atoms with van der Waals surface area (Å²) in [7, 11) is 0. The number of benzene rings is 1. The largest absolute Gasteiger partial charge is 0.0802 e. The third-order valence-corrected chi connectivity index (χ3v) is 3.46. The summed E-state index contributed by atoms with van der Waals surface area (Å²) >= 11 is 0. The fourth-order valence-corrected chi connectivity index (χ4v) is 2.39. The third-order valence-electron chi connectivity index (χ3n) is 3.46. The summed E-state index contributed by atoms with van der Waals surface area (Å²) in [4.78, 5) is 0. The molecule has 1 aliphatic rings. The number of hydrogen-bond acceptors (Lipinski definition) is 0. The fraction of sp³-hybridized carbons (Fsp3) is 0.375. The molecule has 0 saturated carbocycles. The van der Waals surface area contributed by atoms with Crippen molar-refractivity contribution in [2.45, 2.75) is 27.2 Å². The lowest BCUT2D eigenvalue weighted by molar-refractivity contribution is 0.494. The minimum absolute atomic E-state index is 0.658. The molecule has 0 N–H and O–H groups in total. The predicted molar refractivity (Wildman–Crippen MR) is 71.2 cm³/mol. The fourth-order valence-electron chi connectivity index (χ4n) is 2.39. The highest BCUT2D eigenvalue weighted by atomic mass is 14.2. The van der Waals surface area contributed by atoms with Gasteiger partial charge in [0.25, 0.3) is 0 Å². The molecule has 0 heterocycles. The van der Waals surface area contributed by atoms with E-state index in [4.69, 9.17) is 0 Å². The molecule has 0 nitrogen and oxygen atoms in total. The van der Waals surface area contributed by atoms with Gasteiger partial charge in [0.1, 0.15) is 0 Å². The van der Waals surface area contributed by atoms with E-state index in [9.17, 15) is 0 Å². The van der Waals surface area contributed by atoms with Crippen molar-refractivity contribution in [2.24, 2.45) is 11.8 Å². The smallest absolute Gasteiger partial charge is 0.0172 e. The van der Waals surface area contributed by atoms with Gasteiger partial charge in [-0.2, -0.15) is 0 Å². The van der Waals surface area contributed by atoms with Crippen LogP contribution in [0.2, 0.25) is 0 Å². The van der Waals surface area contributed by atoms with Crippen molar-refractivity contribution >= 4 is 5.57 Å². The summed E-state index contributed by atoms with van der Waals surface area (Å²) in [5, 5.41) is 0. The molecular weight excluding hydrogens is 192 g/mol. The Bertz CT molecular complexity index is 423. The van der Waals surface area contributed by atoms with Crippen LogP contribution in [0.1, 0.15) is 31.4 Å². The Morgan fingerprint density at radius 1 is 1.25 bits per heavy atom. The summed E-state index contributed by atoms with van der Waals surface area (Å²) in [6, 6.07) is 8.74. The second-order valence-corrected chi connectivity index (χ2v) is 4.78. The highest BCUT2D eigenvalue weighted by Gasteiger charge is 2.15. The van der Waals surface area contributed by atoms with E-state index >= 15 is 0 Å². The van der Waals surface area contributed by atoms with Crippen LogP contribution in [-0.2, 0) is 0 Å². The first-order valence-electron chi connectivity index (χ1n) is 6.17. The van der Waals surface area contributed by atoms with E-state index in [0.717, 1.165) is 0 Å². The van der Waals surface area contributed by atoms with Gasteiger partial charge in [0.2, 0.25) is 0 Å². The van der Waals surface area contributed by atoms with Crippen LogP contribution in [0.15, 0.2) is 42.5 Å². The minimum Gasteiger partial charge on any atom is -0.0802 e. The molecule has 84 valence electrons. The number of allylic oxidation sites excluding steroid dienone is 4. The Balaban J connectivity index is 2.27. The van der Waals surface area contributed by atoms with Gasteiger partial charge < -0.3 is 0 Å². The molecule has 0 spiro atoms. The summed E-state index contributed by atoms with van der Waals surface area (Å²) in [5.41, 5.74) is 4.05. The molecule has 1 unspecified atom stereocenters. The maximum absolute atomic E-state index is 2.41. The highest BCUT2D eigenvalue weighted by molar-refractivity contribution is 5.75. The zero-order valence-corrected chi connectivity index (χ0v) is 10.4. The molecule has 2 rings (SSSR count). The van der Waals surface area contributed by atoms with Crippen LogP contribution in [0.4, 0.5) is 0 Å². The standard InChI is InChI=1S/C16H20/c1-4-14-8-9-16(11-13(14)3)15-7-5-6-12(2)10-15/h5-11,13-14H,4H2,1-3H3/t13-,14?/m1/s1. The lowest BCUT2D eigenvalue weighted by atomic mass is 9.83. The highest BCUT2D eigenvalue weighted by Crippen LogP contribution is 2.30. The molecule has 1 aliphatic carbocycles. The molecule has 0 aromatic heterocycles. The first-order valence-corrected chi connectivity index (χ1v) is 6.17. The Kier molecular flexibility index (Phi) is 3.28. The van der Waals surface area contributed by atoms with E-state index in [1.165, 1.54) is 23.1 Å². The van der Waals surface area contributed by atoms with Crippen LogP contribution in [0.25, 0.3) is 5.57 Å². The van der Waals surface area contributed by atoms with Crippen molar-refractivity contribution < 1.29 is 0 Å². The van der Waals surface area contributed by atoms with Crippen molar-refractivity contribution in [3.05, 3.63) is 53.6 Å². The van der Waals surface area contributed by atoms with Gasteiger partial charge >= 0.3 is 0 Å². The summed E-state index contributed by atoms with van der Waals surface area (Å²) in [6.07, 6.45) is 8.28. The Morgan fingerprint density at radius 3 is 2.69 bits per heavy atom. The molecule has 0 bridgehead atoms. The van der Waals surface area contributed by atoms with Crippen molar-refractivity contribution in [1.29, 1.82) is 0 Å². The Labute approximate surface area is 98.7 Å². The molecule has 16 heavy (non-hydrogen) atoms. The summed E-state index contributed by atoms with van der Waals surface area (Å²) in [5.74, 6) is 1.37. The molecule has 0 radical (unpaired) electrons. The molecule has 2 atom stereocenters. The topological polar surface area (TPSA) is 0 Å². The number of aryl methyl sites for hydroxylation is 1. The van der Waals surface area contributed by atoms with Gasteiger partial charge in [-0.3, -0.25) is 0 Å².